The van der Waals surface area contributed by atoms with Crippen LogP contribution in [-0.4, -0.2) is 54.2 Å². The summed E-state index contributed by atoms with van der Waals surface area (Å²) in [5, 5.41) is 0. The summed E-state index contributed by atoms with van der Waals surface area (Å²) in [5.41, 5.74) is 0. The molecule has 0 rings (SSSR count). The van der Waals surface area contributed by atoms with E-state index in [0.29, 0.717) is 0 Å². The fourth-order valence-electron chi connectivity index (χ4n) is 0. The van der Waals surface area contributed by atoms with Gasteiger partial charge in [0, 0.05) is 54.2 Å². The first kappa shape index (κ1) is 36.9. The van der Waals surface area contributed by atoms with E-state index < -0.39 is 0 Å². The quantitative estimate of drug-likeness (QED) is 0.448. The van der Waals surface area contributed by atoms with Gasteiger partial charge in [0.25, 0.3) is 0 Å². The molecule has 0 fully saturated rings. The molecule has 0 aliphatic heterocycles. The van der Waals surface area contributed by atoms with E-state index in [1.54, 1.807) is 0 Å². The third-order valence-corrected chi connectivity index (χ3v) is 0. The molecule has 0 heterocycles. The number of hydrogen-bond donors (Lipinski definition) is 0. The zero-order chi connectivity index (χ0) is 0. The molecule has 0 unspecified atom stereocenters. The monoisotopic (exact) mass is 210 g/mol. The van der Waals surface area contributed by atoms with Gasteiger partial charge in [-0.25, -0.2) is 0 Å². The third kappa shape index (κ3) is 8.97. The Balaban J connectivity index is 0. The molecule has 4 heavy (non-hydrogen) atoms. The zero-order valence-electron chi connectivity index (χ0n) is 2.06. The summed E-state index contributed by atoms with van der Waals surface area (Å²) in [7, 11) is 0. The molecular weight excluding hydrogens is 208 g/mol. The maximum atomic E-state index is 0. The van der Waals surface area contributed by atoms with E-state index in [1.807, 2.05) is 0 Å². The van der Waals surface area contributed by atoms with Crippen molar-refractivity contribution in [1.82, 2.24) is 0 Å². The van der Waals surface area contributed by atoms with Crippen LogP contribution in [-0.2, 0) is 0 Å². The van der Waals surface area contributed by atoms with E-state index in [1.165, 1.54) is 0 Å². The molecule has 0 aliphatic rings. The van der Waals surface area contributed by atoms with Crippen LogP contribution < -0.4 is 0 Å². The van der Waals surface area contributed by atoms with Crippen LogP contribution in [0.25, 0.3) is 0 Å². The Kier molecular flexibility index (Phi) is 182. The van der Waals surface area contributed by atoms with Gasteiger partial charge in [-0.3, -0.25) is 0 Å². The second-order valence-corrected chi connectivity index (χ2v) is 0. The molecule has 0 saturated carbocycles. The Morgan fingerprint density at radius 2 is 1.00 bits per heavy atom. The summed E-state index contributed by atoms with van der Waals surface area (Å²) in [6.45, 7) is 0. The van der Waals surface area contributed by atoms with Gasteiger partial charge in [0.15, 0.2) is 0 Å². The Morgan fingerprint density at radius 1 is 1.00 bits per heavy atom. The second kappa shape index (κ2) is 19.8. The maximum Gasteiger partial charge on any atom is 0 e. The summed E-state index contributed by atoms with van der Waals surface area (Å²) in [6, 6.07) is 0. The van der Waals surface area contributed by atoms with E-state index in [4.69, 9.17) is 0 Å². The van der Waals surface area contributed by atoms with Crippen molar-refractivity contribution in [3.8, 4) is 0 Å². The van der Waals surface area contributed by atoms with Gasteiger partial charge in [0.1, 0.15) is 0 Å². The minimum absolute atomic E-state index is 0. The summed E-state index contributed by atoms with van der Waals surface area (Å²) in [6.07, 6.45) is 0. The minimum Gasteiger partial charge on any atom is -0.197 e. The van der Waals surface area contributed by atoms with Crippen molar-refractivity contribution >= 4 is 67.7 Å². The van der Waals surface area contributed by atoms with Crippen LogP contribution in [0.15, 0.2) is 0 Å². The smallest absolute Gasteiger partial charge is 0 e. The van der Waals surface area contributed by atoms with Gasteiger partial charge in [-0.15, -0.1) is 0 Å². The zero-order valence-corrected chi connectivity index (χ0v) is 8.35. The van der Waals surface area contributed by atoms with Crippen molar-refractivity contribution in [2.45, 2.75) is 0 Å². The van der Waals surface area contributed by atoms with E-state index in [2.05, 4.69) is 0 Å². The van der Waals surface area contributed by atoms with Gasteiger partial charge in [-0.05, 0) is 0 Å². The molecule has 0 aromatic heterocycles. The van der Waals surface area contributed by atoms with Crippen LogP contribution in [0, 0.1) is 0 Å². The summed E-state index contributed by atoms with van der Waals surface area (Å²) in [4.78, 5) is 0. The van der Waals surface area contributed by atoms with Crippen LogP contribution in [0.5, 0.6) is 0 Å². The molecule has 0 amide bonds. The van der Waals surface area contributed by atoms with Gasteiger partial charge < -0.3 is 0 Å². The molecule has 0 N–H and O–H groups in total. The molecule has 8 radical (unpaired) electrons. The van der Waals surface area contributed by atoms with Gasteiger partial charge >= 0.3 is 0 Å². The maximum absolute atomic E-state index is 0. The molecule has 0 aromatic carbocycles. The molecule has 4 heteroatoms. The number of hydrogen-bond acceptors (Lipinski definition) is 0. The average molecular weight is 210 g/mol. The average Bonchev–Trinajstić information content (AvgIpc) is 0. The van der Waals surface area contributed by atoms with Crippen molar-refractivity contribution in [2.75, 3.05) is 0 Å². The minimum atomic E-state index is 0. The van der Waals surface area contributed by atoms with Crippen LogP contribution in [0.4, 0.5) is 0 Å². The molecule has 0 atom stereocenters. The molecule has 0 saturated heterocycles. The molecule has 0 aliphatic carbocycles. The third-order valence-electron chi connectivity index (χ3n) is 0. The van der Waals surface area contributed by atoms with Crippen LogP contribution in [0.3, 0.4) is 0 Å². The molecule has 20 valence electrons. The van der Waals surface area contributed by atoms with Crippen LogP contribution in [0.2, 0.25) is 0 Å². The molecule has 0 nitrogen and oxygen atoms in total. The van der Waals surface area contributed by atoms with Gasteiger partial charge in [0.05, 0.1) is 0 Å². The van der Waals surface area contributed by atoms with Crippen molar-refractivity contribution in [3.05, 3.63) is 0 Å². The Morgan fingerprint density at radius 3 is 1.00 bits per heavy atom. The summed E-state index contributed by atoms with van der Waals surface area (Å²) >= 11 is 0. The first-order chi connectivity index (χ1) is 0. The van der Waals surface area contributed by atoms with E-state index >= 15 is 0 Å². The second-order valence-electron chi connectivity index (χ2n) is 0. The first-order valence-electron chi connectivity index (χ1n) is 0. The van der Waals surface area contributed by atoms with E-state index in [-0.39, 0.29) is 67.7 Å². The Bertz CT molecular complexity index is 8.00. The van der Waals surface area contributed by atoms with Crippen LogP contribution in [0.1, 0.15) is 0 Å². The SMILES string of the molecule is S.[Al].[Ga].[Se]. The molecule has 0 bridgehead atoms. The van der Waals surface area contributed by atoms with Crippen molar-refractivity contribution < 1.29 is 0 Å². The van der Waals surface area contributed by atoms with Crippen LogP contribution >= 0.6 is 13.5 Å². The standard InChI is InChI=1S/Al.Ga.H2S.Se/h;;1H2;. The van der Waals surface area contributed by atoms with E-state index in [9.17, 15) is 0 Å². The Hall–Kier alpha value is 2.04. The van der Waals surface area contributed by atoms with E-state index in [0.717, 1.165) is 0 Å². The van der Waals surface area contributed by atoms with Gasteiger partial charge in [-0.1, -0.05) is 0 Å². The normalized spacial score (nSPS) is 0. The largest absolute Gasteiger partial charge is 0.197 e. The van der Waals surface area contributed by atoms with Crippen molar-refractivity contribution in [2.24, 2.45) is 0 Å². The molecular formula is H2AlGaSSe. The fraction of sp³-hybridized carbons (Fsp3) is 0. The molecule has 0 aromatic rings. The first-order valence-corrected chi connectivity index (χ1v) is 0. The van der Waals surface area contributed by atoms with Gasteiger partial charge in [-0.2, -0.15) is 13.5 Å². The predicted octanol–water partition coefficient (Wildman–Crippen LogP) is -1.03. The predicted molar refractivity (Wildman–Crippen MR) is 27.6 cm³/mol. The Labute approximate surface area is 67.2 Å². The van der Waals surface area contributed by atoms with Gasteiger partial charge in [0.2, 0.25) is 0 Å². The summed E-state index contributed by atoms with van der Waals surface area (Å²) < 4.78 is 0. The van der Waals surface area contributed by atoms with Crippen molar-refractivity contribution in [1.29, 1.82) is 0 Å². The summed E-state index contributed by atoms with van der Waals surface area (Å²) in [5.74, 6) is 0. The topological polar surface area (TPSA) is 0 Å². The number of rotatable bonds is 0. The molecule has 0 spiro atoms. The fourth-order valence-corrected chi connectivity index (χ4v) is 0. The van der Waals surface area contributed by atoms with Crippen molar-refractivity contribution in [3.63, 3.8) is 0 Å².